The molecule has 0 saturated heterocycles. The minimum absolute atomic E-state index is 0.0596. The topological polar surface area (TPSA) is 113 Å². The van der Waals surface area contributed by atoms with Gasteiger partial charge in [0.15, 0.2) is 5.76 Å². The number of furan rings is 1. The fourth-order valence-corrected chi connectivity index (χ4v) is 4.96. The van der Waals surface area contributed by atoms with Crippen LogP contribution in [0.1, 0.15) is 11.1 Å². The molecule has 0 N–H and O–H groups in total. The zero-order chi connectivity index (χ0) is 29.4. The minimum Gasteiger partial charge on any atom is -0.481 e. The predicted octanol–water partition coefficient (Wildman–Crippen LogP) is 7.73. The molecule has 0 fully saturated rings. The molecule has 208 valence electrons. The highest BCUT2D eigenvalue weighted by molar-refractivity contribution is 9.10. The van der Waals surface area contributed by atoms with Gasteiger partial charge >= 0.3 is 5.69 Å². The van der Waals surface area contributed by atoms with Gasteiger partial charge < -0.3 is 9.15 Å². The van der Waals surface area contributed by atoms with Gasteiger partial charge in [-0.15, -0.1) is 0 Å². The summed E-state index contributed by atoms with van der Waals surface area (Å²) >= 11 is 9.66. The molecule has 0 amide bonds. The Kier molecular flexibility index (Phi) is 7.27. The molecule has 9 nitrogen and oxygen atoms in total. The first-order chi connectivity index (χ1) is 20.3. The van der Waals surface area contributed by atoms with Crippen LogP contribution in [0.5, 0.6) is 5.75 Å². The van der Waals surface area contributed by atoms with Gasteiger partial charge in [0.05, 0.1) is 22.0 Å². The van der Waals surface area contributed by atoms with Crippen LogP contribution in [-0.4, -0.2) is 20.8 Å². The number of hydrogen-bond acceptors (Lipinski definition) is 7. The van der Waals surface area contributed by atoms with Crippen molar-refractivity contribution in [1.29, 1.82) is 0 Å². The number of aromatic nitrogens is 2. The molecule has 0 aliphatic carbocycles. The van der Waals surface area contributed by atoms with Crippen molar-refractivity contribution in [2.45, 2.75) is 6.61 Å². The van der Waals surface area contributed by atoms with Crippen LogP contribution in [0.2, 0.25) is 5.02 Å². The van der Waals surface area contributed by atoms with Gasteiger partial charge in [-0.2, -0.15) is 9.78 Å². The van der Waals surface area contributed by atoms with Gasteiger partial charge in [0.1, 0.15) is 18.0 Å². The Morgan fingerprint density at radius 1 is 1.10 bits per heavy atom. The number of halogens is 3. The summed E-state index contributed by atoms with van der Waals surface area (Å²) in [5.74, 6) is -0.152. The zero-order valence-electron chi connectivity index (χ0n) is 21.3. The summed E-state index contributed by atoms with van der Waals surface area (Å²) in [7, 11) is 0. The minimum atomic E-state index is -0.634. The van der Waals surface area contributed by atoms with E-state index in [0.29, 0.717) is 22.0 Å². The number of para-hydroxylation sites is 1. The van der Waals surface area contributed by atoms with E-state index < -0.39 is 22.0 Å². The molecule has 0 aliphatic heterocycles. The fourth-order valence-electron chi connectivity index (χ4n) is 4.36. The van der Waals surface area contributed by atoms with E-state index in [9.17, 15) is 19.3 Å². The highest BCUT2D eigenvalue weighted by atomic mass is 79.9. The second-order valence-corrected chi connectivity index (χ2v) is 10.5. The standard InChI is InChI=1S/C30H17BrClFN4O5/c31-20-7-10-26-18(11-20)13-27(42-26)29-35-24-4-2-1-3-23(24)30(38)36(29)34-15-19-12-21(32)14-25(37(39)40)28(19)41-16-17-5-8-22(33)9-6-17/h1-15H,16H2. The van der Waals surface area contributed by atoms with Gasteiger partial charge in [0.2, 0.25) is 11.6 Å². The van der Waals surface area contributed by atoms with Crippen molar-refractivity contribution in [2.24, 2.45) is 5.10 Å². The number of ether oxygens (including phenoxy) is 1. The van der Waals surface area contributed by atoms with Gasteiger partial charge in [-0.05, 0) is 60.2 Å². The normalized spacial score (nSPS) is 11.5. The number of rotatable bonds is 7. The zero-order valence-corrected chi connectivity index (χ0v) is 23.7. The second kappa shape index (κ2) is 11.2. The molecule has 4 aromatic carbocycles. The average molecular weight is 648 g/mol. The molecule has 0 spiro atoms. The summed E-state index contributed by atoms with van der Waals surface area (Å²) in [5.41, 5.74) is 0.838. The highest BCUT2D eigenvalue weighted by Gasteiger charge is 2.22. The lowest BCUT2D eigenvalue weighted by Crippen LogP contribution is -2.20. The molecule has 6 aromatic rings. The predicted molar refractivity (Wildman–Crippen MR) is 161 cm³/mol. The van der Waals surface area contributed by atoms with Crippen LogP contribution in [0, 0.1) is 15.9 Å². The maximum absolute atomic E-state index is 13.6. The van der Waals surface area contributed by atoms with Crippen molar-refractivity contribution in [3.63, 3.8) is 0 Å². The SMILES string of the molecule is O=c1c2ccccc2nc(-c2cc3cc(Br)ccc3o2)n1N=Cc1cc(Cl)cc([N+](=O)[O-])c1OCc1ccc(F)cc1. The van der Waals surface area contributed by atoms with Gasteiger partial charge in [-0.25, -0.2) is 9.37 Å². The Balaban J connectivity index is 1.49. The molecule has 0 unspecified atom stereocenters. The van der Waals surface area contributed by atoms with E-state index in [1.54, 1.807) is 36.4 Å². The van der Waals surface area contributed by atoms with Crippen LogP contribution in [0.15, 0.2) is 104 Å². The Bertz CT molecular complexity index is 2090. The monoisotopic (exact) mass is 646 g/mol. The van der Waals surface area contributed by atoms with E-state index in [0.717, 1.165) is 20.6 Å². The van der Waals surface area contributed by atoms with E-state index in [4.69, 9.17) is 20.8 Å². The van der Waals surface area contributed by atoms with Crippen LogP contribution in [0.25, 0.3) is 33.5 Å². The largest absolute Gasteiger partial charge is 0.481 e. The number of nitro benzene ring substituents is 1. The molecule has 0 radical (unpaired) electrons. The third-order valence-electron chi connectivity index (χ3n) is 6.32. The van der Waals surface area contributed by atoms with E-state index >= 15 is 0 Å². The summed E-state index contributed by atoms with van der Waals surface area (Å²) in [6.07, 6.45) is 1.24. The molecule has 0 bridgehead atoms. The van der Waals surface area contributed by atoms with E-state index in [-0.39, 0.29) is 34.5 Å². The number of fused-ring (bicyclic) bond motifs is 2. The molecule has 0 aliphatic rings. The molecule has 12 heteroatoms. The quantitative estimate of drug-likeness (QED) is 0.0996. The molecule has 0 atom stereocenters. The van der Waals surface area contributed by atoms with Crippen molar-refractivity contribution in [1.82, 2.24) is 9.66 Å². The Hall–Kier alpha value is -4.87. The number of nitrogens with zero attached hydrogens (tertiary/aromatic N) is 4. The summed E-state index contributed by atoms with van der Waals surface area (Å²) in [5, 5.41) is 17.4. The molecule has 42 heavy (non-hydrogen) atoms. The highest BCUT2D eigenvalue weighted by Crippen LogP contribution is 2.35. The van der Waals surface area contributed by atoms with Crippen LogP contribution < -0.4 is 10.3 Å². The Labute approximate surface area is 249 Å². The molecule has 0 saturated carbocycles. The van der Waals surface area contributed by atoms with E-state index in [1.165, 1.54) is 36.5 Å². The van der Waals surface area contributed by atoms with E-state index in [1.807, 2.05) is 12.1 Å². The lowest BCUT2D eigenvalue weighted by Gasteiger charge is -2.11. The van der Waals surface area contributed by atoms with Crippen LogP contribution >= 0.6 is 27.5 Å². The van der Waals surface area contributed by atoms with Crippen molar-refractivity contribution < 1.29 is 18.5 Å². The maximum Gasteiger partial charge on any atom is 0.313 e. The van der Waals surface area contributed by atoms with Crippen molar-refractivity contribution in [3.05, 3.63) is 132 Å². The van der Waals surface area contributed by atoms with Crippen LogP contribution in [0.4, 0.5) is 10.1 Å². The maximum atomic E-state index is 13.6. The summed E-state index contributed by atoms with van der Waals surface area (Å²) < 4.78 is 27.1. The van der Waals surface area contributed by atoms with Crippen molar-refractivity contribution in [2.75, 3.05) is 0 Å². The Morgan fingerprint density at radius 2 is 1.88 bits per heavy atom. The number of hydrogen-bond donors (Lipinski definition) is 0. The number of nitro groups is 1. The van der Waals surface area contributed by atoms with Crippen LogP contribution in [-0.2, 0) is 6.61 Å². The lowest BCUT2D eigenvalue weighted by molar-refractivity contribution is -0.385. The first-order valence-corrected chi connectivity index (χ1v) is 13.5. The van der Waals surface area contributed by atoms with Gasteiger partial charge in [-0.1, -0.05) is 51.8 Å². The first-order valence-electron chi connectivity index (χ1n) is 12.4. The van der Waals surface area contributed by atoms with Gasteiger partial charge in [0, 0.05) is 26.5 Å². The second-order valence-electron chi connectivity index (χ2n) is 9.12. The summed E-state index contributed by atoms with van der Waals surface area (Å²) in [6.45, 7) is -0.0964. The third-order valence-corrected chi connectivity index (χ3v) is 7.03. The van der Waals surface area contributed by atoms with Gasteiger partial charge in [0.25, 0.3) is 5.56 Å². The molecule has 2 aromatic heterocycles. The van der Waals surface area contributed by atoms with Crippen LogP contribution in [0.3, 0.4) is 0 Å². The smallest absolute Gasteiger partial charge is 0.313 e. The van der Waals surface area contributed by atoms with E-state index in [2.05, 4.69) is 26.0 Å². The Morgan fingerprint density at radius 3 is 2.67 bits per heavy atom. The summed E-state index contributed by atoms with van der Waals surface area (Å²) in [6, 6.07) is 22.1. The molecule has 2 heterocycles. The molecule has 6 rings (SSSR count). The fraction of sp³-hybridized carbons (Fsp3) is 0.0333. The van der Waals surface area contributed by atoms with Crippen molar-refractivity contribution in [3.8, 4) is 17.3 Å². The van der Waals surface area contributed by atoms with Gasteiger partial charge in [-0.3, -0.25) is 14.9 Å². The lowest BCUT2D eigenvalue weighted by atomic mass is 10.1. The summed E-state index contributed by atoms with van der Waals surface area (Å²) in [4.78, 5) is 29.6. The molecular weight excluding hydrogens is 631 g/mol. The molecular formula is C30H17BrClFN4O5. The third kappa shape index (κ3) is 5.39. The average Bonchev–Trinajstić information content (AvgIpc) is 3.39. The number of benzene rings is 4. The van der Waals surface area contributed by atoms with Crippen molar-refractivity contribution >= 4 is 61.3 Å². The first kappa shape index (κ1) is 27.3.